The van der Waals surface area contributed by atoms with Crippen molar-refractivity contribution in [2.75, 3.05) is 26.1 Å². The van der Waals surface area contributed by atoms with Crippen LogP contribution < -0.4 is 0 Å². The normalized spacial score (nSPS) is 33.0. The van der Waals surface area contributed by atoms with Crippen molar-refractivity contribution in [3.8, 4) is 0 Å². The van der Waals surface area contributed by atoms with Crippen LogP contribution in [0.2, 0.25) is 0 Å². The number of hydrogen-bond donors (Lipinski definition) is 1. The summed E-state index contributed by atoms with van der Waals surface area (Å²) in [5.41, 5.74) is 0. The molecule has 1 saturated heterocycles. The third-order valence-electron chi connectivity index (χ3n) is 1.94. The molecule has 2 unspecified atom stereocenters. The fourth-order valence-corrected chi connectivity index (χ4v) is 1.61. The van der Waals surface area contributed by atoms with E-state index in [4.69, 9.17) is 9.47 Å². The van der Waals surface area contributed by atoms with Gasteiger partial charge in [-0.1, -0.05) is 0 Å². The Kier molecular flexibility index (Phi) is 3.52. The SMILES string of the molecule is COC1COCC1CCS. The van der Waals surface area contributed by atoms with Crippen molar-refractivity contribution in [2.45, 2.75) is 12.5 Å². The molecule has 0 radical (unpaired) electrons. The standard InChI is InChI=1S/C7H14O2S/c1-8-7-5-9-4-6(7)2-3-10/h6-7,10H,2-5H2,1H3. The molecule has 0 aromatic carbocycles. The Balaban J connectivity index is 2.27. The van der Waals surface area contributed by atoms with Gasteiger partial charge in [-0.25, -0.2) is 0 Å². The molecule has 0 bridgehead atoms. The molecule has 2 nitrogen and oxygen atoms in total. The molecule has 0 amide bonds. The van der Waals surface area contributed by atoms with Gasteiger partial charge in [-0.05, 0) is 12.2 Å². The lowest BCUT2D eigenvalue weighted by atomic mass is 10.0. The maximum Gasteiger partial charge on any atom is 0.0855 e. The predicted molar refractivity (Wildman–Crippen MR) is 43.6 cm³/mol. The molecule has 0 spiro atoms. The van der Waals surface area contributed by atoms with E-state index < -0.39 is 0 Å². The van der Waals surface area contributed by atoms with E-state index in [2.05, 4.69) is 12.6 Å². The van der Waals surface area contributed by atoms with E-state index in [9.17, 15) is 0 Å². The van der Waals surface area contributed by atoms with Crippen molar-refractivity contribution in [3.05, 3.63) is 0 Å². The maximum atomic E-state index is 5.25. The van der Waals surface area contributed by atoms with E-state index in [1.165, 1.54) is 0 Å². The Morgan fingerprint density at radius 2 is 2.40 bits per heavy atom. The van der Waals surface area contributed by atoms with Crippen LogP contribution in [0.4, 0.5) is 0 Å². The van der Waals surface area contributed by atoms with Crippen LogP contribution in [0.15, 0.2) is 0 Å². The quantitative estimate of drug-likeness (QED) is 0.623. The molecule has 1 heterocycles. The number of hydrogen-bond acceptors (Lipinski definition) is 3. The fourth-order valence-electron chi connectivity index (χ4n) is 1.27. The summed E-state index contributed by atoms with van der Waals surface area (Å²) < 4.78 is 10.5. The van der Waals surface area contributed by atoms with Crippen molar-refractivity contribution < 1.29 is 9.47 Å². The summed E-state index contributed by atoms with van der Waals surface area (Å²) in [6, 6.07) is 0. The van der Waals surface area contributed by atoms with Gasteiger partial charge in [-0.2, -0.15) is 12.6 Å². The first-order valence-electron chi connectivity index (χ1n) is 3.60. The summed E-state index contributed by atoms with van der Waals surface area (Å²) in [6.07, 6.45) is 1.41. The van der Waals surface area contributed by atoms with Gasteiger partial charge in [-0.15, -0.1) is 0 Å². The van der Waals surface area contributed by atoms with Crippen molar-refractivity contribution in [2.24, 2.45) is 5.92 Å². The minimum Gasteiger partial charge on any atom is -0.379 e. The molecule has 0 saturated carbocycles. The average molecular weight is 162 g/mol. The smallest absolute Gasteiger partial charge is 0.0855 e. The highest BCUT2D eigenvalue weighted by atomic mass is 32.1. The summed E-state index contributed by atoms with van der Waals surface area (Å²) in [5, 5.41) is 0. The van der Waals surface area contributed by atoms with E-state index in [0.717, 1.165) is 25.4 Å². The number of methoxy groups -OCH3 is 1. The summed E-state index contributed by atoms with van der Waals surface area (Å²) in [6.45, 7) is 1.61. The highest BCUT2D eigenvalue weighted by Crippen LogP contribution is 2.19. The molecule has 1 aliphatic heterocycles. The molecule has 1 fully saturated rings. The van der Waals surface area contributed by atoms with E-state index in [0.29, 0.717) is 12.0 Å². The van der Waals surface area contributed by atoms with Gasteiger partial charge in [0, 0.05) is 13.0 Å². The van der Waals surface area contributed by atoms with Crippen LogP contribution in [0, 0.1) is 5.92 Å². The van der Waals surface area contributed by atoms with Gasteiger partial charge in [0.15, 0.2) is 0 Å². The molecule has 1 rings (SSSR count). The lowest BCUT2D eigenvalue weighted by Crippen LogP contribution is -2.20. The Morgan fingerprint density at radius 3 is 3.00 bits per heavy atom. The monoisotopic (exact) mass is 162 g/mol. The third-order valence-corrected chi connectivity index (χ3v) is 2.20. The van der Waals surface area contributed by atoms with Crippen LogP contribution in [0.1, 0.15) is 6.42 Å². The van der Waals surface area contributed by atoms with E-state index >= 15 is 0 Å². The van der Waals surface area contributed by atoms with Crippen molar-refractivity contribution >= 4 is 12.6 Å². The highest BCUT2D eigenvalue weighted by Gasteiger charge is 2.26. The van der Waals surface area contributed by atoms with Crippen LogP contribution in [0.25, 0.3) is 0 Å². The van der Waals surface area contributed by atoms with Crippen LogP contribution in [-0.4, -0.2) is 32.2 Å². The molecule has 0 aromatic heterocycles. The minimum atomic E-state index is 0.312. The van der Waals surface area contributed by atoms with Crippen LogP contribution in [0.3, 0.4) is 0 Å². The van der Waals surface area contributed by atoms with Crippen molar-refractivity contribution in [1.82, 2.24) is 0 Å². The molecule has 1 aliphatic rings. The van der Waals surface area contributed by atoms with Crippen LogP contribution >= 0.6 is 12.6 Å². The average Bonchev–Trinajstić information content (AvgIpc) is 2.36. The first kappa shape index (κ1) is 8.37. The van der Waals surface area contributed by atoms with Gasteiger partial charge in [-0.3, -0.25) is 0 Å². The summed E-state index contributed by atoms with van der Waals surface area (Å²) in [5.74, 6) is 1.50. The zero-order chi connectivity index (χ0) is 7.40. The van der Waals surface area contributed by atoms with Crippen molar-refractivity contribution in [1.29, 1.82) is 0 Å². The van der Waals surface area contributed by atoms with Crippen molar-refractivity contribution in [3.63, 3.8) is 0 Å². The van der Waals surface area contributed by atoms with Gasteiger partial charge in [0.05, 0.1) is 19.3 Å². The number of thiol groups is 1. The first-order valence-corrected chi connectivity index (χ1v) is 4.23. The first-order chi connectivity index (χ1) is 4.88. The Labute approximate surface area is 67.3 Å². The Morgan fingerprint density at radius 1 is 1.60 bits per heavy atom. The molecule has 0 aromatic rings. The molecule has 60 valence electrons. The molecule has 0 N–H and O–H groups in total. The molecule has 0 aliphatic carbocycles. The lowest BCUT2D eigenvalue weighted by molar-refractivity contribution is 0.0662. The molecule has 3 heteroatoms. The van der Waals surface area contributed by atoms with Gasteiger partial charge in [0.1, 0.15) is 0 Å². The summed E-state index contributed by atoms with van der Waals surface area (Å²) in [7, 11) is 1.74. The van der Waals surface area contributed by atoms with Gasteiger partial charge in [0.2, 0.25) is 0 Å². The van der Waals surface area contributed by atoms with Crippen LogP contribution in [0.5, 0.6) is 0 Å². The second kappa shape index (κ2) is 4.21. The van der Waals surface area contributed by atoms with E-state index in [1.54, 1.807) is 7.11 Å². The molecular formula is C7H14O2S. The Hall–Kier alpha value is 0.270. The van der Waals surface area contributed by atoms with Gasteiger partial charge in [0.25, 0.3) is 0 Å². The second-order valence-electron chi connectivity index (χ2n) is 2.58. The minimum absolute atomic E-state index is 0.312. The predicted octanol–water partition coefficient (Wildman–Crippen LogP) is 0.968. The highest BCUT2D eigenvalue weighted by molar-refractivity contribution is 7.80. The second-order valence-corrected chi connectivity index (χ2v) is 3.03. The molecule has 2 atom stereocenters. The van der Waals surface area contributed by atoms with Gasteiger partial charge < -0.3 is 9.47 Å². The zero-order valence-electron chi connectivity index (χ0n) is 6.25. The number of ether oxygens (including phenoxy) is 2. The number of rotatable bonds is 3. The maximum absolute atomic E-state index is 5.25. The molecule has 10 heavy (non-hydrogen) atoms. The van der Waals surface area contributed by atoms with E-state index in [1.807, 2.05) is 0 Å². The zero-order valence-corrected chi connectivity index (χ0v) is 7.14. The molecular weight excluding hydrogens is 148 g/mol. The summed E-state index contributed by atoms with van der Waals surface area (Å²) in [4.78, 5) is 0. The topological polar surface area (TPSA) is 18.5 Å². The van der Waals surface area contributed by atoms with Gasteiger partial charge >= 0.3 is 0 Å². The Bertz CT molecular complexity index is 97.6. The largest absolute Gasteiger partial charge is 0.379 e. The van der Waals surface area contributed by atoms with Crippen LogP contribution in [-0.2, 0) is 9.47 Å². The third kappa shape index (κ3) is 1.87. The summed E-state index contributed by atoms with van der Waals surface area (Å²) >= 11 is 4.16. The lowest BCUT2D eigenvalue weighted by Gasteiger charge is -2.13. The van der Waals surface area contributed by atoms with E-state index in [-0.39, 0.29) is 0 Å². The fraction of sp³-hybridized carbons (Fsp3) is 1.00.